The van der Waals surface area contributed by atoms with Crippen molar-refractivity contribution in [1.29, 1.82) is 0 Å². The van der Waals surface area contributed by atoms with Gasteiger partial charge in [-0.3, -0.25) is 4.68 Å². The van der Waals surface area contributed by atoms with Crippen LogP contribution in [0.3, 0.4) is 0 Å². The number of nitrogens with zero attached hydrogens (tertiary/aromatic N) is 2. The molecule has 0 aliphatic rings. The number of hydrogen-bond donors (Lipinski definition) is 2. The van der Waals surface area contributed by atoms with Crippen LogP contribution in [0.1, 0.15) is 35.5 Å². The van der Waals surface area contributed by atoms with Crippen molar-refractivity contribution in [2.45, 2.75) is 39.9 Å². The monoisotopic (exact) mass is 307 g/mol. The van der Waals surface area contributed by atoms with Gasteiger partial charge in [0.1, 0.15) is 0 Å². The van der Waals surface area contributed by atoms with Crippen LogP contribution in [0.2, 0.25) is 5.02 Å². The number of aryl methyl sites for hydroxylation is 1. The van der Waals surface area contributed by atoms with Crippen LogP contribution < -0.4 is 5.32 Å². The third-order valence-corrected chi connectivity index (χ3v) is 4.05. The Morgan fingerprint density at radius 2 is 1.95 bits per heavy atom. The Hall–Kier alpha value is -1.36. The molecule has 5 heteroatoms. The van der Waals surface area contributed by atoms with Crippen LogP contribution in [0.4, 0.5) is 0 Å². The maximum Gasteiger partial charge on any atom is 0.0644 e. The minimum absolute atomic E-state index is 0.107. The highest BCUT2D eigenvalue weighted by molar-refractivity contribution is 6.30. The van der Waals surface area contributed by atoms with Crippen molar-refractivity contribution in [3.63, 3.8) is 0 Å². The average Bonchev–Trinajstić information content (AvgIpc) is 2.72. The van der Waals surface area contributed by atoms with Gasteiger partial charge in [-0.25, -0.2) is 0 Å². The molecule has 0 spiro atoms. The van der Waals surface area contributed by atoms with E-state index in [-0.39, 0.29) is 12.6 Å². The van der Waals surface area contributed by atoms with Gasteiger partial charge >= 0.3 is 0 Å². The standard InChI is InChI=1S/C16H22ClN3O/c1-11(14-4-6-15(17)7-5-14)18-10-16-12(2)19-20(8-9-21)13(16)3/h4-7,11,18,21H,8-10H2,1-3H3. The molecule has 0 aliphatic heterocycles. The van der Waals surface area contributed by atoms with Crippen LogP contribution in [0, 0.1) is 13.8 Å². The highest BCUT2D eigenvalue weighted by Crippen LogP contribution is 2.18. The molecule has 4 nitrogen and oxygen atoms in total. The molecule has 0 aliphatic carbocycles. The first-order valence-corrected chi connectivity index (χ1v) is 7.53. The molecule has 0 amide bonds. The molecule has 0 fully saturated rings. The van der Waals surface area contributed by atoms with Gasteiger partial charge in [0.25, 0.3) is 0 Å². The molecule has 2 aromatic rings. The highest BCUT2D eigenvalue weighted by Gasteiger charge is 2.12. The van der Waals surface area contributed by atoms with E-state index in [0.29, 0.717) is 6.54 Å². The number of hydrogen-bond acceptors (Lipinski definition) is 3. The van der Waals surface area contributed by atoms with E-state index in [4.69, 9.17) is 16.7 Å². The van der Waals surface area contributed by atoms with Crippen molar-refractivity contribution in [1.82, 2.24) is 15.1 Å². The lowest BCUT2D eigenvalue weighted by atomic mass is 10.1. The molecule has 1 atom stereocenters. The van der Waals surface area contributed by atoms with Crippen LogP contribution in [0.5, 0.6) is 0 Å². The smallest absolute Gasteiger partial charge is 0.0644 e. The van der Waals surface area contributed by atoms with Crippen LogP contribution in [0.15, 0.2) is 24.3 Å². The van der Waals surface area contributed by atoms with E-state index >= 15 is 0 Å². The Kier molecular flexibility index (Phi) is 5.39. The normalized spacial score (nSPS) is 12.6. The molecule has 0 radical (unpaired) electrons. The van der Waals surface area contributed by atoms with Crippen molar-refractivity contribution >= 4 is 11.6 Å². The summed E-state index contributed by atoms with van der Waals surface area (Å²) in [5, 5.41) is 17.8. The van der Waals surface area contributed by atoms with Gasteiger partial charge in [0.2, 0.25) is 0 Å². The summed E-state index contributed by atoms with van der Waals surface area (Å²) in [4.78, 5) is 0. The van der Waals surface area contributed by atoms with Crippen LogP contribution in [0.25, 0.3) is 0 Å². The summed E-state index contributed by atoms with van der Waals surface area (Å²) in [6, 6.07) is 8.13. The van der Waals surface area contributed by atoms with E-state index in [0.717, 1.165) is 23.0 Å². The predicted octanol–water partition coefficient (Wildman–Crippen LogP) is 3.00. The number of aliphatic hydroxyl groups excluding tert-OH is 1. The molecule has 2 N–H and O–H groups in total. The molecule has 0 saturated carbocycles. The minimum atomic E-state index is 0.107. The van der Waals surface area contributed by atoms with Gasteiger partial charge < -0.3 is 10.4 Å². The van der Waals surface area contributed by atoms with E-state index in [1.807, 2.05) is 42.8 Å². The molecule has 1 unspecified atom stereocenters. The number of aliphatic hydroxyl groups is 1. The van der Waals surface area contributed by atoms with Gasteiger partial charge in [-0.1, -0.05) is 23.7 Å². The molecule has 114 valence electrons. The Labute approximate surface area is 130 Å². The lowest BCUT2D eigenvalue weighted by molar-refractivity contribution is 0.267. The minimum Gasteiger partial charge on any atom is -0.394 e. The van der Waals surface area contributed by atoms with Gasteiger partial charge in [0.05, 0.1) is 18.8 Å². The third-order valence-electron chi connectivity index (χ3n) is 3.80. The molecule has 1 aromatic carbocycles. The fourth-order valence-corrected chi connectivity index (χ4v) is 2.55. The summed E-state index contributed by atoms with van der Waals surface area (Å²) >= 11 is 5.91. The zero-order chi connectivity index (χ0) is 15.4. The van der Waals surface area contributed by atoms with Crippen LogP contribution in [-0.4, -0.2) is 21.5 Å². The van der Waals surface area contributed by atoms with Crippen molar-refractivity contribution < 1.29 is 5.11 Å². The Morgan fingerprint density at radius 1 is 1.29 bits per heavy atom. The summed E-state index contributed by atoms with van der Waals surface area (Å²) in [5.74, 6) is 0. The summed E-state index contributed by atoms with van der Waals surface area (Å²) in [6.07, 6.45) is 0. The van der Waals surface area contributed by atoms with Crippen molar-refractivity contribution in [3.05, 3.63) is 51.8 Å². The molecule has 0 bridgehead atoms. The fourth-order valence-electron chi connectivity index (χ4n) is 2.43. The number of nitrogens with one attached hydrogen (secondary N) is 1. The summed E-state index contributed by atoms with van der Waals surface area (Å²) in [7, 11) is 0. The molecule has 0 saturated heterocycles. The first kappa shape index (κ1) is 16.0. The maximum absolute atomic E-state index is 9.05. The van der Waals surface area contributed by atoms with E-state index < -0.39 is 0 Å². The zero-order valence-corrected chi connectivity index (χ0v) is 13.5. The van der Waals surface area contributed by atoms with Crippen molar-refractivity contribution in [2.75, 3.05) is 6.61 Å². The van der Waals surface area contributed by atoms with E-state index in [9.17, 15) is 0 Å². The van der Waals surface area contributed by atoms with Crippen LogP contribution >= 0.6 is 11.6 Å². The van der Waals surface area contributed by atoms with E-state index in [1.54, 1.807) is 0 Å². The number of rotatable bonds is 6. The largest absolute Gasteiger partial charge is 0.394 e. The van der Waals surface area contributed by atoms with E-state index in [2.05, 4.69) is 17.3 Å². The lowest BCUT2D eigenvalue weighted by Gasteiger charge is -2.14. The van der Waals surface area contributed by atoms with Gasteiger partial charge in [0.15, 0.2) is 0 Å². The molecule has 21 heavy (non-hydrogen) atoms. The number of aromatic nitrogens is 2. The highest BCUT2D eigenvalue weighted by atomic mass is 35.5. The second kappa shape index (κ2) is 7.07. The van der Waals surface area contributed by atoms with Gasteiger partial charge in [-0.05, 0) is 38.5 Å². The first-order chi connectivity index (χ1) is 10.0. The lowest BCUT2D eigenvalue weighted by Crippen LogP contribution is -2.19. The predicted molar refractivity (Wildman–Crippen MR) is 85.5 cm³/mol. The summed E-state index contributed by atoms with van der Waals surface area (Å²) in [5.41, 5.74) is 4.52. The topological polar surface area (TPSA) is 50.1 Å². The molecular formula is C16H22ClN3O. The van der Waals surface area contributed by atoms with Crippen molar-refractivity contribution in [3.8, 4) is 0 Å². The van der Waals surface area contributed by atoms with Gasteiger partial charge in [0, 0.05) is 28.9 Å². The molecule has 1 aromatic heterocycles. The molecule has 1 heterocycles. The first-order valence-electron chi connectivity index (χ1n) is 7.15. The maximum atomic E-state index is 9.05. The summed E-state index contributed by atoms with van der Waals surface area (Å²) in [6.45, 7) is 7.58. The second-order valence-corrected chi connectivity index (χ2v) is 5.69. The SMILES string of the molecule is Cc1nn(CCO)c(C)c1CNC(C)c1ccc(Cl)cc1. The summed E-state index contributed by atoms with van der Waals surface area (Å²) < 4.78 is 1.86. The van der Waals surface area contributed by atoms with Gasteiger partial charge in [-0.2, -0.15) is 5.10 Å². The second-order valence-electron chi connectivity index (χ2n) is 5.25. The Balaban J connectivity index is 2.04. The average molecular weight is 308 g/mol. The Bertz CT molecular complexity index is 592. The fraction of sp³-hybridized carbons (Fsp3) is 0.438. The van der Waals surface area contributed by atoms with Crippen molar-refractivity contribution in [2.24, 2.45) is 0 Å². The number of halogens is 1. The van der Waals surface area contributed by atoms with E-state index in [1.165, 1.54) is 11.1 Å². The Morgan fingerprint density at radius 3 is 2.57 bits per heavy atom. The van der Waals surface area contributed by atoms with Gasteiger partial charge in [-0.15, -0.1) is 0 Å². The molecular weight excluding hydrogens is 286 g/mol. The molecule has 2 rings (SSSR count). The third kappa shape index (κ3) is 3.84. The quantitative estimate of drug-likeness (QED) is 0.862. The zero-order valence-electron chi connectivity index (χ0n) is 12.7. The van der Waals surface area contributed by atoms with Crippen LogP contribution in [-0.2, 0) is 13.1 Å². The number of benzene rings is 1.